The maximum atomic E-state index is 12.3. The van der Waals surface area contributed by atoms with Gasteiger partial charge >= 0.3 is 0 Å². The highest BCUT2D eigenvalue weighted by Gasteiger charge is 2.27. The number of amides is 2. The van der Waals surface area contributed by atoms with Crippen molar-refractivity contribution in [1.82, 2.24) is 10.6 Å². The Hall–Kier alpha value is -2.44. The minimum absolute atomic E-state index is 0.234. The molecule has 164 valence electrons. The van der Waals surface area contributed by atoms with Crippen LogP contribution < -0.4 is 10.6 Å². The Morgan fingerprint density at radius 2 is 1.00 bits per heavy atom. The van der Waals surface area contributed by atoms with Crippen molar-refractivity contribution < 1.29 is 9.59 Å². The molecule has 0 saturated carbocycles. The predicted molar refractivity (Wildman–Crippen MR) is 134 cm³/mol. The summed E-state index contributed by atoms with van der Waals surface area (Å²) in [6.07, 6.45) is -0.234. The van der Waals surface area contributed by atoms with E-state index in [1.807, 2.05) is 88.4 Å². The average Bonchev–Trinajstić information content (AvgIpc) is 2.76. The molecule has 0 radical (unpaired) electrons. The molecule has 0 fully saturated rings. The van der Waals surface area contributed by atoms with Crippen molar-refractivity contribution in [2.45, 2.75) is 34.1 Å². The molecule has 0 aromatic heterocycles. The summed E-state index contributed by atoms with van der Waals surface area (Å²) in [5.74, 6) is -0.658. The summed E-state index contributed by atoms with van der Waals surface area (Å²) in [6, 6.07) is 19.5. The fourth-order valence-electron chi connectivity index (χ4n) is 3.03. The fourth-order valence-corrected chi connectivity index (χ4v) is 3.45. The second kappa shape index (κ2) is 10.7. The van der Waals surface area contributed by atoms with Gasteiger partial charge in [0, 0.05) is 33.6 Å². The molecule has 31 heavy (non-hydrogen) atoms. The van der Waals surface area contributed by atoms with Gasteiger partial charge in [-0.2, -0.15) is 0 Å². The van der Waals surface area contributed by atoms with Crippen molar-refractivity contribution >= 4 is 46.0 Å². The van der Waals surface area contributed by atoms with E-state index in [1.54, 1.807) is 0 Å². The summed E-state index contributed by atoms with van der Waals surface area (Å²) >= 11 is 11.2. The molecule has 0 spiro atoms. The van der Waals surface area contributed by atoms with Crippen LogP contribution >= 0.6 is 24.4 Å². The average molecular weight is 455 g/mol. The van der Waals surface area contributed by atoms with Crippen LogP contribution in [0, 0.1) is 10.8 Å². The molecule has 0 saturated heterocycles. The van der Waals surface area contributed by atoms with Crippen molar-refractivity contribution in [2.75, 3.05) is 13.1 Å². The molecule has 0 heterocycles. The summed E-state index contributed by atoms with van der Waals surface area (Å²) < 4.78 is 0. The Balaban J connectivity index is 1.82. The monoisotopic (exact) mass is 454 g/mol. The number of nitrogens with one attached hydrogen (secondary N) is 2. The summed E-state index contributed by atoms with van der Waals surface area (Å²) in [5.41, 5.74) is 1.11. The highest BCUT2D eigenvalue weighted by Crippen LogP contribution is 2.23. The molecule has 0 aliphatic heterocycles. The van der Waals surface area contributed by atoms with Gasteiger partial charge in [0.1, 0.15) is 6.42 Å². The summed E-state index contributed by atoms with van der Waals surface area (Å²) in [6.45, 7) is 8.64. The zero-order chi connectivity index (χ0) is 23.1. The van der Waals surface area contributed by atoms with Crippen molar-refractivity contribution in [3.63, 3.8) is 0 Å². The van der Waals surface area contributed by atoms with Crippen LogP contribution in [0.25, 0.3) is 0 Å². The predicted octanol–water partition coefficient (Wildman–Crippen LogP) is 4.50. The van der Waals surface area contributed by atoms with Gasteiger partial charge in [0.25, 0.3) is 0 Å². The number of hydrogen-bond acceptors (Lipinski definition) is 4. The topological polar surface area (TPSA) is 58.2 Å². The first-order chi connectivity index (χ1) is 14.5. The Bertz CT molecular complexity index is 861. The Kier molecular flexibility index (Phi) is 8.60. The maximum absolute atomic E-state index is 12.3. The number of hydrogen-bond donors (Lipinski definition) is 2. The first-order valence-electron chi connectivity index (χ1n) is 10.3. The summed E-state index contributed by atoms with van der Waals surface area (Å²) in [4.78, 5) is 26.1. The van der Waals surface area contributed by atoms with Gasteiger partial charge in [-0.3, -0.25) is 9.59 Å². The molecule has 2 amide bonds. The molecule has 2 N–H and O–H groups in total. The van der Waals surface area contributed by atoms with E-state index in [9.17, 15) is 9.59 Å². The number of carbonyl (C=O) groups is 2. The van der Waals surface area contributed by atoms with E-state index >= 15 is 0 Å². The Morgan fingerprint density at radius 3 is 1.32 bits per heavy atom. The first-order valence-corrected chi connectivity index (χ1v) is 11.1. The molecule has 2 rings (SSSR count). The van der Waals surface area contributed by atoms with Gasteiger partial charge in [0.2, 0.25) is 11.8 Å². The molecule has 2 aromatic rings. The highest BCUT2D eigenvalue weighted by atomic mass is 32.1. The molecule has 0 unspecified atom stereocenters. The van der Waals surface area contributed by atoms with Crippen LogP contribution in [0.5, 0.6) is 0 Å². The lowest BCUT2D eigenvalue weighted by molar-refractivity contribution is -0.129. The number of thiocarbonyl (C=S) groups is 2. The van der Waals surface area contributed by atoms with E-state index in [-0.39, 0.29) is 18.2 Å². The summed E-state index contributed by atoms with van der Waals surface area (Å²) in [5, 5.41) is 5.67. The smallest absolute Gasteiger partial charge is 0.229 e. The fraction of sp³-hybridized carbons (Fsp3) is 0.360. The molecule has 0 aliphatic rings. The van der Waals surface area contributed by atoms with E-state index < -0.39 is 10.8 Å². The molecule has 0 aliphatic carbocycles. The van der Waals surface area contributed by atoms with E-state index in [0.29, 0.717) is 13.1 Å². The van der Waals surface area contributed by atoms with Gasteiger partial charge < -0.3 is 10.6 Å². The minimum Gasteiger partial charge on any atom is -0.355 e. The van der Waals surface area contributed by atoms with Crippen LogP contribution in [-0.4, -0.2) is 34.6 Å². The SMILES string of the molecule is CC(C)(CNC(=O)CC(=O)NCC(C)(C)C(=S)c1ccccc1)C(=S)c1ccccc1. The van der Waals surface area contributed by atoms with E-state index in [2.05, 4.69) is 10.6 Å². The lowest BCUT2D eigenvalue weighted by atomic mass is 9.85. The Labute approximate surface area is 195 Å². The van der Waals surface area contributed by atoms with Crippen LogP contribution in [0.1, 0.15) is 45.2 Å². The Morgan fingerprint density at radius 1 is 0.677 bits per heavy atom. The van der Waals surface area contributed by atoms with Crippen molar-refractivity contribution in [2.24, 2.45) is 10.8 Å². The molecule has 6 heteroatoms. The van der Waals surface area contributed by atoms with Gasteiger partial charge in [-0.1, -0.05) is 113 Å². The zero-order valence-corrected chi connectivity index (χ0v) is 20.2. The van der Waals surface area contributed by atoms with E-state index in [1.165, 1.54) is 0 Å². The van der Waals surface area contributed by atoms with Gasteiger partial charge in [-0.15, -0.1) is 0 Å². The van der Waals surface area contributed by atoms with Gasteiger partial charge in [0.15, 0.2) is 0 Å². The normalized spacial score (nSPS) is 11.5. The zero-order valence-electron chi connectivity index (χ0n) is 18.5. The van der Waals surface area contributed by atoms with Crippen LogP contribution in [0.15, 0.2) is 60.7 Å². The van der Waals surface area contributed by atoms with Crippen molar-refractivity contribution in [3.8, 4) is 0 Å². The van der Waals surface area contributed by atoms with Crippen molar-refractivity contribution in [1.29, 1.82) is 0 Å². The van der Waals surface area contributed by atoms with Gasteiger partial charge in [-0.25, -0.2) is 0 Å². The third-order valence-electron chi connectivity index (χ3n) is 5.08. The lowest BCUT2D eigenvalue weighted by Crippen LogP contribution is -2.42. The molecule has 4 nitrogen and oxygen atoms in total. The highest BCUT2D eigenvalue weighted by molar-refractivity contribution is 7.81. The number of benzene rings is 2. The summed E-state index contributed by atoms with van der Waals surface area (Å²) in [7, 11) is 0. The third-order valence-corrected chi connectivity index (χ3v) is 6.65. The third kappa shape index (κ3) is 7.33. The largest absolute Gasteiger partial charge is 0.355 e. The first kappa shape index (κ1) is 24.8. The molecule has 0 atom stereocenters. The second-order valence-electron chi connectivity index (χ2n) is 8.89. The van der Waals surface area contributed by atoms with Crippen LogP contribution in [0.2, 0.25) is 0 Å². The van der Waals surface area contributed by atoms with E-state index in [4.69, 9.17) is 24.4 Å². The van der Waals surface area contributed by atoms with Crippen molar-refractivity contribution in [3.05, 3.63) is 71.8 Å². The minimum atomic E-state index is -0.410. The lowest BCUT2D eigenvalue weighted by Gasteiger charge is -2.27. The van der Waals surface area contributed by atoms with Crippen LogP contribution in [0.3, 0.4) is 0 Å². The van der Waals surface area contributed by atoms with Crippen LogP contribution in [0.4, 0.5) is 0 Å². The quantitative estimate of drug-likeness (QED) is 0.315. The molecular formula is C25H30N2O2S2. The number of carbonyl (C=O) groups excluding carboxylic acids is 2. The standard InChI is InChI=1S/C25H30N2O2S2/c1-24(2,22(30)18-11-7-5-8-12-18)16-26-20(28)15-21(29)27-17-25(3,4)23(31)19-13-9-6-10-14-19/h5-14H,15-17H2,1-4H3,(H,26,28)(H,27,29). The van der Waals surface area contributed by atoms with E-state index in [0.717, 1.165) is 20.9 Å². The molecule has 0 bridgehead atoms. The number of rotatable bonds is 10. The second-order valence-corrected chi connectivity index (χ2v) is 9.70. The van der Waals surface area contributed by atoms with Gasteiger partial charge in [-0.05, 0) is 11.1 Å². The van der Waals surface area contributed by atoms with Gasteiger partial charge in [0.05, 0.1) is 0 Å². The maximum Gasteiger partial charge on any atom is 0.229 e. The molecule has 2 aromatic carbocycles. The molecular weight excluding hydrogens is 424 g/mol. The van der Waals surface area contributed by atoms with Crippen LogP contribution in [-0.2, 0) is 9.59 Å².